The molecular formula is C21H28N4O3. The topological polar surface area (TPSA) is 66.9 Å². The number of methoxy groups -OCH3 is 2. The Balaban J connectivity index is 1.58. The van der Waals surface area contributed by atoms with Gasteiger partial charge in [-0.15, -0.1) is 0 Å². The molecule has 1 aromatic heterocycles. The fourth-order valence-electron chi connectivity index (χ4n) is 3.33. The zero-order chi connectivity index (χ0) is 19.8. The van der Waals surface area contributed by atoms with Crippen LogP contribution >= 0.6 is 0 Å². The maximum absolute atomic E-state index is 12.9. The van der Waals surface area contributed by atoms with Gasteiger partial charge in [0.15, 0.2) is 0 Å². The van der Waals surface area contributed by atoms with Gasteiger partial charge in [0.1, 0.15) is 5.75 Å². The SMILES string of the molecule is COCCCNc1cncc(C(=O)N2CCN(c3ccccc3OC)CC2)c1. The maximum atomic E-state index is 12.9. The van der Waals surface area contributed by atoms with E-state index >= 15 is 0 Å². The predicted octanol–water partition coefficient (Wildman–Crippen LogP) is 2.50. The molecule has 1 amide bonds. The zero-order valence-corrected chi connectivity index (χ0v) is 16.6. The van der Waals surface area contributed by atoms with Crippen molar-refractivity contribution < 1.29 is 14.3 Å². The van der Waals surface area contributed by atoms with E-state index in [9.17, 15) is 4.79 Å². The van der Waals surface area contributed by atoms with E-state index < -0.39 is 0 Å². The number of carbonyl (C=O) groups is 1. The van der Waals surface area contributed by atoms with Crippen LogP contribution in [0.1, 0.15) is 16.8 Å². The Labute approximate surface area is 166 Å². The Kier molecular flexibility index (Phi) is 7.08. The summed E-state index contributed by atoms with van der Waals surface area (Å²) in [5.41, 5.74) is 2.54. The Bertz CT molecular complexity index is 776. The minimum absolute atomic E-state index is 0.0210. The lowest BCUT2D eigenvalue weighted by Crippen LogP contribution is -2.48. The molecule has 1 aliphatic rings. The van der Waals surface area contributed by atoms with Gasteiger partial charge in [0, 0.05) is 58.8 Å². The van der Waals surface area contributed by atoms with Crippen LogP contribution in [0.4, 0.5) is 11.4 Å². The third-order valence-electron chi connectivity index (χ3n) is 4.83. The summed E-state index contributed by atoms with van der Waals surface area (Å²) >= 11 is 0. The number of hydrogen-bond donors (Lipinski definition) is 1. The summed E-state index contributed by atoms with van der Waals surface area (Å²) in [7, 11) is 3.37. The molecule has 1 aromatic carbocycles. The molecule has 0 bridgehead atoms. The second kappa shape index (κ2) is 9.94. The number of nitrogens with one attached hydrogen (secondary N) is 1. The van der Waals surface area contributed by atoms with Crippen LogP contribution in [0.15, 0.2) is 42.7 Å². The highest BCUT2D eigenvalue weighted by atomic mass is 16.5. The first kappa shape index (κ1) is 19.9. The number of para-hydroxylation sites is 2. The molecule has 2 heterocycles. The highest BCUT2D eigenvalue weighted by molar-refractivity contribution is 5.95. The number of aromatic nitrogens is 1. The van der Waals surface area contributed by atoms with Gasteiger partial charge in [-0.1, -0.05) is 12.1 Å². The van der Waals surface area contributed by atoms with Crippen LogP contribution in [0.2, 0.25) is 0 Å². The number of amides is 1. The van der Waals surface area contributed by atoms with Gasteiger partial charge in [-0.05, 0) is 24.6 Å². The summed E-state index contributed by atoms with van der Waals surface area (Å²) < 4.78 is 10.5. The number of carbonyl (C=O) groups excluding carboxylic acids is 1. The third-order valence-corrected chi connectivity index (χ3v) is 4.83. The van der Waals surface area contributed by atoms with E-state index in [1.54, 1.807) is 26.6 Å². The van der Waals surface area contributed by atoms with Gasteiger partial charge in [0.25, 0.3) is 5.91 Å². The van der Waals surface area contributed by atoms with Crippen LogP contribution < -0.4 is 15.0 Å². The van der Waals surface area contributed by atoms with Crippen LogP contribution in [0.25, 0.3) is 0 Å². The Morgan fingerprint density at radius 1 is 1.14 bits per heavy atom. The maximum Gasteiger partial charge on any atom is 0.255 e. The summed E-state index contributed by atoms with van der Waals surface area (Å²) in [5, 5.41) is 3.28. The molecule has 2 aromatic rings. The highest BCUT2D eigenvalue weighted by Crippen LogP contribution is 2.28. The average molecular weight is 384 g/mol. The lowest BCUT2D eigenvalue weighted by atomic mass is 10.2. The van der Waals surface area contributed by atoms with Gasteiger partial charge < -0.3 is 24.6 Å². The second-order valence-corrected chi connectivity index (χ2v) is 6.69. The van der Waals surface area contributed by atoms with Gasteiger partial charge in [0.2, 0.25) is 0 Å². The van der Waals surface area contributed by atoms with E-state index in [0.29, 0.717) is 25.3 Å². The first-order valence-corrected chi connectivity index (χ1v) is 9.58. The van der Waals surface area contributed by atoms with Gasteiger partial charge in [-0.3, -0.25) is 9.78 Å². The minimum atomic E-state index is 0.0210. The molecule has 7 nitrogen and oxygen atoms in total. The number of ether oxygens (including phenoxy) is 2. The van der Waals surface area contributed by atoms with Crippen LogP contribution in [0.5, 0.6) is 5.75 Å². The Morgan fingerprint density at radius 2 is 1.93 bits per heavy atom. The summed E-state index contributed by atoms with van der Waals surface area (Å²) in [6.07, 6.45) is 4.28. The number of pyridine rings is 1. The standard InChI is InChI=1S/C21H28N4O3/c1-27-13-5-8-23-18-14-17(15-22-16-18)21(26)25-11-9-24(10-12-25)19-6-3-4-7-20(19)28-2/h3-4,6-7,14-16,23H,5,8-13H2,1-2H3. The van der Waals surface area contributed by atoms with Crippen LogP contribution in [-0.4, -0.2) is 69.3 Å². The summed E-state index contributed by atoms with van der Waals surface area (Å²) in [6.45, 7) is 4.37. The average Bonchev–Trinajstić information content (AvgIpc) is 2.76. The molecule has 0 spiro atoms. The lowest BCUT2D eigenvalue weighted by molar-refractivity contribution is 0.0746. The first-order chi connectivity index (χ1) is 13.7. The largest absolute Gasteiger partial charge is 0.495 e. The molecule has 0 unspecified atom stereocenters. The van der Waals surface area contributed by atoms with Crippen molar-refractivity contribution in [3.63, 3.8) is 0 Å². The number of benzene rings is 1. The molecule has 28 heavy (non-hydrogen) atoms. The fraction of sp³-hybridized carbons (Fsp3) is 0.429. The molecule has 3 rings (SSSR count). The number of anilines is 2. The van der Waals surface area contributed by atoms with Crippen molar-refractivity contribution in [2.45, 2.75) is 6.42 Å². The molecule has 0 atom stereocenters. The van der Waals surface area contributed by atoms with E-state index in [2.05, 4.69) is 21.3 Å². The second-order valence-electron chi connectivity index (χ2n) is 6.69. The lowest BCUT2D eigenvalue weighted by Gasteiger charge is -2.36. The molecule has 0 saturated carbocycles. The normalized spacial score (nSPS) is 14.1. The fourth-order valence-corrected chi connectivity index (χ4v) is 3.33. The van der Waals surface area contributed by atoms with Crippen LogP contribution in [0.3, 0.4) is 0 Å². The van der Waals surface area contributed by atoms with E-state index in [0.717, 1.165) is 43.2 Å². The van der Waals surface area contributed by atoms with E-state index in [1.807, 2.05) is 29.2 Å². The molecule has 7 heteroatoms. The Hall–Kier alpha value is -2.80. The zero-order valence-electron chi connectivity index (χ0n) is 16.6. The van der Waals surface area contributed by atoms with Crippen molar-refractivity contribution in [1.29, 1.82) is 0 Å². The van der Waals surface area contributed by atoms with Crippen molar-refractivity contribution in [1.82, 2.24) is 9.88 Å². The van der Waals surface area contributed by atoms with Crippen molar-refractivity contribution in [3.8, 4) is 5.75 Å². The van der Waals surface area contributed by atoms with E-state index in [4.69, 9.17) is 9.47 Å². The first-order valence-electron chi connectivity index (χ1n) is 9.58. The van der Waals surface area contributed by atoms with E-state index in [-0.39, 0.29) is 5.91 Å². The number of rotatable bonds is 8. The Morgan fingerprint density at radius 3 is 2.68 bits per heavy atom. The van der Waals surface area contributed by atoms with Gasteiger partial charge in [-0.2, -0.15) is 0 Å². The van der Waals surface area contributed by atoms with Crippen molar-refractivity contribution in [2.75, 3.05) is 63.8 Å². The van der Waals surface area contributed by atoms with Crippen molar-refractivity contribution in [3.05, 3.63) is 48.3 Å². The van der Waals surface area contributed by atoms with Gasteiger partial charge >= 0.3 is 0 Å². The number of hydrogen-bond acceptors (Lipinski definition) is 6. The predicted molar refractivity (Wildman–Crippen MR) is 110 cm³/mol. The summed E-state index contributed by atoms with van der Waals surface area (Å²) in [6, 6.07) is 9.86. The number of piperazine rings is 1. The van der Waals surface area contributed by atoms with Crippen molar-refractivity contribution >= 4 is 17.3 Å². The molecule has 1 fully saturated rings. The molecule has 0 aliphatic carbocycles. The smallest absolute Gasteiger partial charge is 0.255 e. The number of nitrogens with zero attached hydrogens (tertiary/aromatic N) is 3. The summed E-state index contributed by atoms with van der Waals surface area (Å²) in [5.74, 6) is 0.881. The van der Waals surface area contributed by atoms with Crippen LogP contribution in [0, 0.1) is 0 Å². The van der Waals surface area contributed by atoms with Gasteiger partial charge in [0.05, 0.1) is 24.0 Å². The van der Waals surface area contributed by atoms with Crippen molar-refractivity contribution in [2.24, 2.45) is 0 Å². The van der Waals surface area contributed by atoms with Crippen LogP contribution in [-0.2, 0) is 4.74 Å². The summed E-state index contributed by atoms with van der Waals surface area (Å²) in [4.78, 5) is 21.3. The van der Waals surface area contributed by atoms with Gasteiger partial charge in [-0.25, -0.2) is 0 Å². The third kappa shape index (κ3) is 4.92. The molecule has 1 N–H and O–H groups in total. The molecule has 1 saturated heterocycles. The quantitative estimate of drug-likeness (QED) is 0.706. The molecule has 150 valence electrons. The van der Waals surface area contributed by atoms with E-state index in [1.165, 1.54) is 0 Å². The minimum Gasteiger partial charge on any atom is -0.495 e. The monoisotopic (exact) mass is 384 g/mol. The highest BCUT2D eigenvalue weighted by Gasteiger charge is 2.24. The molecule has 1 aliphatic heterocycles. The molecule has 0 radical (unpaired) electrons. The molecular weight excluding hydrogens is 356 g/mol.